The number of ether oxygens (including phenoxy) is 1. The van der Waals surface area contributed by atoms with E-state index in [2.05, 4.69) is 0 Å². The van der Waals surface area contributed by atoms with Gasteiger partial charge in [-0.25, -0.2) is 4.99 Å². The number of thiazole rings is 1. The van der Waals surface area contributed by atoms with E-state index in [-0.39, 0.29) is 18.1 Å². The molecule has 216 valence electrons. The lowest BCUT2D eigenvalue weighted by atomic mass is 9.94. The fourth-order valence-corrected chi connectivity index (χ4v) is 6.38. The maximum absolute atomic E-state index is 14.1. The number of para-hydroxylation sites is 1. The van der Waals surface area contributed by atoms with Crippen LogP contribution in [0.5, 0.6) is 5.75 Å². The molecule has 4 aromatic rings. The SMILES string of the molecule is CCN(CC)C(=O)C1=C(C)N=c2s/c(=C/c3ccccc3OCc3ccc(Cl)c(Cl)c3)c(=O)n2[C@@H]1c1ccc(Cl)cc1. The van der Waals surface area contributed by atoms with Crippen LogP contribution in [0.3, 0.4) is 0 Å². The molecule has 0 bridgehead atoms. The largest absolute Gasteiger partial charge is 0.488 e. The number of carbonyl (C=O) groups excluding carboxylic acids is 1. The Bertz CT molecular complexity index is 1860. The Morgan fingerprint density at radius 1 is 1.02 bits per heavy atom. The number of benzene rings is 3. The molecule has 2 heterocycles. The predicted molar refractivity (Wildman–Crippen MR) is 170 cm³/mol. The smallest absolute Gasteiger partial charge is 0.271 e. The molecule has 1 amide bonds. The zero-order valence-electron chi connectivity index (χ0n) is 23.2. The number of amides is 1. The van der Waals surface area contributed by atoms with Crippen LogP contribution in [0.25, 0.3) is 6.08 Å². The van der Waals surface area contributed by atoms with Gasteiger partial charge in [0.1, 0.15) is 12.4 Å². The first kappa shape index (κ1) is 30.1. The molecule has 6 nitrogen and oxygen atoms in total. The van der Waals surface area contributed by atoms with E-state index >= 15 is 0 Å². The van der Waals surface area contributed by atoms with E-state index in [9.17, 15) is 9.59 Å². The maximum atomic E-state index is 14.1. The standard InChI is InChI=1S/C32H28Cl3N3O3S/c1-4-37(5-2)31(40)28-19(3)36-32-38(29(28)21-11-13-23(33)14-12-21)30(39)27(42-32)17-22-8-6-7-9-26(22)41-18-20-10-15-24(34)25(35)16-20/h6-17,29H,4-5,18H2,1-3H3/b27-17+/t29-/m1/s1. The summed E-state index contributed by atoms with van der Waals surface area (Å²) in [5, 5.41) is 1.50. The summed E-state index contributed by atoms with van der Waals surface area (Å²) < 4.78 is 8.21. The van der Waals surface area contributed by atoms with E-state index in [4.69, 9.17) is 44.5 Å². The number of likely N-dealkylation sites (N-methyl/N-ethyl adjacent to an activating group) is 1. The maximum Gasteiger partial charge on any atom is 0.271 e. The predicted octanol–water partition coefficient (Wildman–Crippen LogP) is 6.64. The molecular formula is C32H28Cl3N3O3S. The van der Waals surface area contributed by atoms with Crippen molar-refractivity contribution in [2.24, 2.45) is 4.99 Å². The first-order valence-electron chi connectivity index (χ1n) is 13.4. The summed E-state index contributed by atoms with van der Waals surface area (Å²) >= 11 is 19.7. The molecule has 0 radical (unpaired) electrons. The fourth-order valence-electron chi connectivity index (χ4n) is 4.90. The Morgan fingerprint density at radius 3 is 2.43 bits per heavy atom. The number of allylic oxidation sites excluding steroid dienone is 1. The molecule has 0 aliphatic carbocycles. The van der Waals surface area contributed by atoms with Crippen LogP contribution in [0, 0.1) is 0 Å². The Hall–Kier alpha value is -3.36. The third-order valence-corrected chi connectivity index (χ3v) is 9.05. The first-order chi connectivity index (χ1) is 20.2. The number of carbonyl (C=O) groups is 1. The number of halogens is 3. The average molecular weight is 641 g/mol. The zero-order chi connectivity index (χ0) is 30.0. The van der Waals surface area contributed by atoms with E-state index < -0.39 is 6.04 Å². The van der Waals surface area contributed by atoms with Crippen molar-refractivity contribution in [3.05, 3.63) is 129 Å². The summed E-state index contributed by atoms with van der Waals surface area (Å²) in [4.78, 5) is 34.8. The highest BCUT2D eigenvalue weighted by Crippen LogP contribution is 2.32. The molecular weight excluding hydrogens is 613 g/mol. The van der Waals surface area contributed by atoms with Crippen LogP contribution in [0.4, 0.5) is 0 Å². The molecule has 3 aromatic carbocycles. The van der Waals surface area contributed by atoms with Crippen LogP contribution in [0.15, 0.2) is 87.8 Å². The molecule has 0 unspecified atom stereocenters. The number of hydrogen-bond acceptors (Lipinski definition) is 5. The number of rotatable bonds is 8. The zero-order valence-corrected chi connectivity index (χ0v) is 26.3. The molecule has 5 rings (SSSR count). The van der Waals surface area contributed by atoms with Gasteiger partial charge in [-0.1, -0.05) is 82.5 Å². The van der Waals surface area contributed by atoms with Gasteiger partial charge in [-0.3, -0.25) is 14.2 Å². The summed E-state index contributed by atoms with van der Waals surface area (Å²) in [6, 6.07) is 19.4. The summed E-state index contributed by atoms with van der Waals surface area (Å²) in [7, 11) is 0. The van der Waals surface area contributed by atoms with Gasteiger partial charge >= 0.3 is 0 Å². The highest BCUT2D eigenvalue weighted by atomic mass is 35.5. The highest BCUT2D eigenvalue weighted by Gasteiger charge is 2.34. The molecule has 1 aliphatic heterocycles. The van der Waals surface area contributed by atoms with E-state index in [1.54, 1.807) is 39.8 Å². The Labute approximate surface area is 262 Å². The molecule has 0 N–H and O–H groups in total. The summed E-state index contributed by atoms with van der Waals surface area (Å²) in [6.45, 7) is 7.06. The minimum atomic E-state index is -0.644. The van der Waals surface area contributed by atoms with Crippen LogP contribution >= 0.6 is 46.1 Å². The summed E-state index contributed by atoms with van der Waals surface area (Å²) in [6.07, 6.45) is 1.80. The minimum absolute atomic E-state index is 0.142. The topological polar surface area (TPSA) is 63.9 Å². The molecule has 10 heteroatoms. The third kappa shape index (κ3) is 6.06. The minimum Gasteiger partial charge on any atom is -0.488 e. The van der Waals surface area contributed by atoms with Crippen molar-refractivity contribution in [3.63, 3.8) is 0 Å². The summed E-state index contributed by atoms with van der Waals surface area (Å²) in [5.41, 5.74) is 3.20. The van der Waals surface area contributed by atoms with Gasteiger partial charge in [0.05, 0.1) is 31.9 Å². The van der Waals surface area contributed by atoms with Gasteiger partial charge in [-0.2, -0.15) is 0 Å². The number of fused-ring (bicyclic) bond motifs is 1. The average Bonchev–Trinajstić information content (AvgIpc) is 3.28. The number of nitrogens with zero attached hydrogens (tertiary/aromatic N) is 3. The highest BCUT2D eigenvalue weighted by molar-refractivity contribution is 7.07. The molecule has 1 atom stereocenters. The van der Waals surface area contributed by atoms with Crippen molar-refractivity contribution in [2.45, 2.75) is 33.4 Å². The fraction of sp³-hybridized carbons (Fsp3) is 0.219. The van der Waals surface area contributed by atoms with Gasteiger partial charge in [0.25, 0.3) is 11.5 Å². The van der Waals surface area contributed by atoms with Gasteiger partial charge in [0.15, 0.2) is 4.80 Å². The van der Waals surface area contributed by atoms with Crippen LogP contribution in [-0.2, 0) is 11.4 Å². The van der Waals surface area contributed by atoms with Crippen molar-refractivity contribution >= 4 is 58.1 Å². The van der Waals surface area contributed by atoms with E-state index in [1.165, 1.54) is 11.3 Å². The lowest BCUT2D eigenvalue weighted by Crippen LogP contribution is -2.43. The molecule has 0 saturated carbocycles. The first-order valence-corrected chi connectivity index (χ1v) is 15.4. The van der Waals surface area contributed by atoms with E-state index in [1.807, 2.05) is 63.2 Å². The van der Waals surface area contributed by atoms with E-state index in [0.717, 1.165) is 16.7 Å². The second-order valence-corrected chi connectivity index (χ2v) is 11.9. The molecule has 42 heavy (non-hydrogen) atoms. The van der Waals surface area contributed by atoms with Crippen LogP contribution in [0.1, 0.15) is 43.5 Å². The molecule has 0 saturated heterocycles. The van der Waals surface area contributed by atoms with Crippen molar-refractivity contribution in [2.75, 3.05) is 13.1 Å². The Kier molecular flexibility index (Phi) is 9.23. The van der Waals surface area contributed by atoms with Crippen molar-refractivity contribution < 1.29 is 9.53 Å². The van der Waals surface area contributed by atoms with Crippen LogP contribution in [-0.4, -0.2) is 28.5 Å². The van der Waals surface area contributed by atoms with Gasteiger partial charge in [-0.15, -0.1) is 0 Å². The quantitative estimate of drug-likeness (QED) is 0.217. The third-order valence-electron chi connectivity index (χ3n) is 7.07. The van der Waals surface area contributed by atoms with Gasteiger partial charge in [-0.05, 0) is 68.3 Å². The number of aromatic nitrogens is 1. The van der Waals surface area contributed by atoms with Gasteiger partial charge in [0, 0.05) is 23.7 Å². The van der Waals surface area contributed by atoms with Gasteiger partial charge < -0.3 is 9.64 Å². The second-order valence-electron chi connectivity index (χ2n) is 9.69. The van der Waals surface area contributed by atoms with Crippen LogP contribution < -0.4 is 19.6 Å². The molecule has 1 aromatic heterocycles. The monoisotopic (exact) mass is 639 g/mol. The van der Waals surface area contributed by atoms with Crippen LogP contribution in [0.2, 0.25) is 15.1 Å². The molecule has 1 aliphatic rings. The lowest BCUT2D eigenvalue weighted by Gasteiger charge is -2.29. The van der Waals surface area contributed by atoms with Crippen molar-refractivity contribution in [1.82, 2.24) is 9.47 Å². The molecule has 0 spiro atoms. The van der Waals surface area contributed by atoms with Gasteiger partial charge in [0.2, 0.25) is 0 Å². The second kappa shape index (κ2) is 12.9. The normalized spacial score (nSPS) is 14.9. The number of hydrogen-bond donors (Lipinski definition) is 0. The molecule has 0 fully saturated rings. The lowest BCUT2D eigenvalue weighted by molar-refractivity contribution is -0.127. The van der Waals surface area contributed by atoms with Crippen molar-refractivity contribution in [3.8, 4) is 5.75 Å². The van der Waals surface area contributed by atoms with Crippen molar-refractivity contribution in [1.29, 1.82) is 0 Å². The summed E-state index contributed by atoms with van der Waals surface area (Å²) in [5.74, 6) is 0.466. The Morgan fingerprint density at radius 2 is 1.74 bits per heavy atom. The van der Waals surface area contributed by atoms with E-state index in [0.29, 0.717) is 54.5 Å². The Balaban J connectivity index is 1.59.